The van der Waals surface area contributed by atoms with E-state index < -0.39 is 9.73 Å². The van der Waals surface area contributed by atoms with Gasteiger partial charge in [0.05, 0.1) is 15.4 Å². The van der Waals surface area contributed by atoms with Crippen LogP contribution in [0.3, 0.4) is 0 Å². The summed E-state index contributed by atoms with van der Waals surface area (Å²) in [5.74, 6) is 0.862. The molecule has 0 aliphatic carbocycles. The second kappa shape index (κ2) is 8.24. The summed E-state index contributed by atoms with van der Waals surface area (Å²) in [6.07, 6.45) is 4.94. The molecule has 1 saturated heterocycles. The molecule has 0 bridgehead atoms. The van der Waals surface area contributed by atoms with Crippen molar-refractivity contribution in [2.24, 2.45) is 0 Å². The minimum Gasteiger partial charge on any atom is -0.507 e. The summed E-state index contributed by atoms with van der Waals surface area (Å²) in [4.78, 5) is 2.19. The standard InChI is InChI=1S/C23H33N5O2S/c1-22(2)14-17(15-23(3,4)27-22)28(5)21-10-9-19(25-26-21)18-8-7-16(13-20(18)29)11-12-31(6,24)30/h7-13,17,24,27,29H,14-15H2,1-6H3/b12-11+/t31-/m1/s1. The van der Waals surface area contributed by atoms with Crippen molar-refractivity contribution >= 4 is 21.6 Å². The molecule has 1 aromatic carbocycles. The Kier molecular flexibility index (Phi) is 6.17. The number of aromatic hydroxyl groups is 1. The molecular formula is C23H33N5O2S. The number of anilines is 1. The van der Waals surface area contributed by atoms with Crippen molar-refractivity contribution in [3.63, 3.8) is 0 Å². The van der Waals surface area contributed by atoms with Gasteiger partial charge in [0.15, 0.2) is 5.82 Å². The molecule has 0 unspecified atom stereocenters. The molecule has 1 aliphatic heterocycles. The molecule has 0 radical (unpaired) electrons. The highest BCUT2D eigenvalue weighted by Crippen LogP contribution is 2.33. The molecule has 1 fully saturated rings. The van der Waals surface area contributed by atoms with Gasteiger partial charge >= 0.3 is 0 Å². The van der Waals surface area contributed by atoms with Gasteiger partial charge in [-0.1, -0.05) is 6.07 Å². The van der Waals surface area contributed by atoms with E-state index in [1.54, 1.807) is 24.3 Å². The third-order valence-corrected chi connectivity index (χ3v) is 6.20. The van der Waals surface area contributed by atoms with Gasteiger partial charge in [0, 0.05) is 41.4 Å². The van der Waals surface area contributed by atoms with E-state index in [0.717, 1.165) is 18.7 Å². The minimum atomic E-state index is -2.73. The van der Waals surface area contributed by atoms with Crippen LogP contribution in [0.15, 0.2) is 35.7 Å². The number of nitrogens with zero attached hydrogens (tertiary/aromatic N) is 3. The van der Waals surface area contributed by atoms with E-state index in [4.69, 9.17) is 4.78 Å². The maximum atomic E-state index is 11.5. The largest absolute Gasteiger partial charge is 0.507 e. The van der Waals surface area contributed by atoms with Crippen molar-refractivity contribution in [3.8, 4) is 17.0 Å². The lowest BCUT2D eigenvalue weighted by molar-refractivity contribution is 0.160. The van der Waals surface area contributed by atoms with E-state index in [1.807, 2.05) is 12.1 Å². The summed E-state index contributed by atoms with van der Waals surface area (Å²) in [6, 6.07) is 9.25. The quantitative estimate of drug-likeness (QED) is 0.639. The van der Waals surface area contributed by atoms with Crippen molar-refractivity contribution < 1.29 is 9.32 Å². The fourth-order valence-electron chi connectivity index (χ4n) is 4.46. The molecule has 0 saturated carbocycles. The van der Waals surface area contributed by atoms with Gasteiger partial charge in [0.1, 0.15) is 5.75 Å². The highest BCUT2D eigenvalue weighted by molar-refractivity contribution is 7.94. The number of rotatable bonds is 5. The molecule has 1 aliphatic rings. The Balaban J connectivity index is 1.79. The van der Waals surface area contributed by atoms with Gasteiger partial charge in [0.2, 0.25) is 0 Å². The molecule has 168 valence electrons. The molecular weight excluding hydrogens is 410 g/mol. The lowest BCUT2D eigenvalue weighted by atomic mass is 9.79. The molecule has 3 rings (SSSR count). The topological polar surface area (TPSA) is 102 Å². The van der Waals surface area contributed by atoms with Crippen LogP contribution in [-0.4, -0.2) is 49.9 Å². The number of aromatic nitrogens is 2. The van der Waals surface area contributed by atoms with E-state index >= 15 is 0 Å². The van der Waals surface area contributed by atoms with Crippen LogP contribution in [0.4, 0.5) is 5.82 Å². The van der Waals surface area contributed by atoms with Crippen LogP contribution in [0.1, 0.15) is 46.1 Å². The predicted octanol–water partition coefficient (Wildman–Crippen LogP) is 4.24. The minimum absolute atomic E-state index is 0.0427. The van der Waals surface area contributed by atoms with Crippen LogP contribution >= 0.6 is 0 Å². The van der Waals surface area contributed by atoms with Crippen molar-refractivity contribution in [2.75, 3.05) is 18.2 Å². The first-order valence-electron chi connectivity index (χ1n) is 10.4. The first-order chi connectivity index (χ1) is 14.2. The van der Waals surface area contributed by atoms with Crippen LogP contribution in [0.25, 0.3) is 17.3 Å². The van der Waals surface area contributed by atoms with Gasteiger partial charge < -0.3 is 15.3 Å². The van der Waals surface area contributed by atoms with Crippen LogP contribution < -0.4 is 10.2 Å². The Labute approximate surface area is 185 Å². The average molecular weight is 444 g/mol. The Morgan fingerprint density at radius 1 is 1.16 bits per heavy atom. The maximum Gasteiger partial charge on any atom is 0.151 e. The lowest BCUT2D eigenvalue weighted by Gasteiger charge is -2.49. The van der Waals surface area contributed by atoms with Gasteiger partial charge in [0.25, 0.3) is 0 Å². The van der Waals surface area contributed by atoms with E-state index in [1.165, 1.54) is 11.7 Å². The molecule has 1 atom stereocenters. The Morgan fingerprint density at radius 2 is 1.81 bits per heavy atom. The summed E-state index contributed by atoms with van der Waals surface area (Å²) in [6.45, 7) is 8.92. The second-order valence-corrected chi connectivity index (χ2v) is 11.9. The van der Waals surface area contributed by atoms with Gasteiger partial charge in [-0.25, -0.2) is 8.99 Å². The van der Waals surface area contributed by atoms with Crippen molar-refractivity contribution in [3.05, 3.63) is 41.3 Å². The molecule has 0 spiro atoms. The first-order valence-corrected chi connectivity index (χ1v) is 12.4. The molecule has 1 aromatic heterocycles. The number of hydrogen-bond donors (Lipinski definition) is 3. The monoisotopic (exact) mass is 443 g/mol. The van der Waals surface area contributed by atoms with Gasteiger partial charge in [-0.2, -0.15) is 0 Å². The molecule has 2 heterocycles. The SMILES string of the molecule is CN(c1ccc(-c2ccc(/C=C/[S@](C)(=N)=O)cc2O)nn1)C1CC(C)(C)NC(C)(C)C1. The fourth-order valence-corrected chi connectivity index (χ4v) is 4.88. The summed E-state index contributed by atoms with van der Waals surface area (Å²) in [5.41, 5.74) is 1.91. The average Bonchev–Trinajstić information content (AvgIpc) is 2.63. The Hall–Kier alpha value is -2.45. The zero-order valence-corrected chi connectivity index (χ0v) is 20.0. The van der Waals surface area contributed by atoms with E-state index in [0.29, 0.717) is 22.9 Å². The number of hydrogen-bond acceptors (Lipinski definition) is 7. The Morgan fingerprint density at radius 3 is 2.32 bits per heavy atom. The maximum absolute atomic E-state index is 11.5. The molecule has 8 heteroatoms. The molecule has 0 amide bonds. The molecule has 2 aromatic rings. The molecule has 31 heavy (non-hydrogen) atoms. The number of phenols is 1. The number of benzene rings is 1. The lowest BCUT2D eigenvalue weighted by Crippen LogP contribution is -2.62. The predicted molar refractivity (Wildman–Crippen MR) is 128 cm³/mol. The fraction of sp³-hybridized carbons (Fsp3) is 0.478. The van der Waals surface area contributed by atoms with E-state index in [2.05, 4.69) is 55.2 Å². The zero-order valence-electron chi connectivity index (χ0n) is 19.1. The summed E-state index contributed by atoms with van der Waals surface area (Å²) in [7, 11) is -0.670. The van der Waals surface area contributed by atoms with Gasteiger partial charge in [-0.3, -0.25) is 0 Å². The number of phenolic OH excluding ortho intramolecular Hbond substituents is 1. The van der Waals surface area contributed by atoms with Crippen molar-refractivity contribution in [1.29, 1.82) is 4.78 Å². The molecule has 7 nitrogen and oxygen atoms in total. The van der Waals surface area contributed by atoms with Crippen molar-refractivity contribution in [2.45, 2.75) is 57.7 Å². The normalized spacial score (nSPS) is 20.5. The summed E-state index contributed by atoms with van der Waals surface area (Å²) in [5, 5.41) is 24.2. The van der Waals surface area contributed by atoms with Crippen molar-refractivity contribution in [1.82, 2.24) is 15.5 Å². The van der Waals surface area contributed by atoms with E-state index in [-0.39, 0.29) is 16.8 Å². The summed E-state index contributed by atoms with van der Waals surface area (Å²) < 4.78 is 18.9. The van der Waals surface area contributed by atoms with Gasteiger partial charge in [-0.05, 0) is 76.4 Å². The first kappa shape index (κ1) is 23.2. The van der Waals surface area contributed by atoms with Crippen LogP contribution in [0.2, 0.25) is 0 Å². The second-order valence-electron chi connectivity index (χ2n) is 9.83. The van der Waals surface area contributed by atoms with Crippen LogP contribution in [-0.2, 0) is 9.73 Å². The summed E-state index contributed by atoms with van der Waals surface area (Å²) >= 11 is 0. The third kappa shape index (κ3) is 6.04. The third-order valence-electron chi connectivity index (χ3n) is 5.55. The number of nitrogens with one attached hydrogen (secondary N) is 2. The number of piperidine rings is 1. The van der Waals surface area contributed by atoms with Crippen LogP contribution in [0.5, 0.6) is 5.75 Å². The smallest absolute Gasteiger partial charge is 0.151 e. The zero-order chi connectivity index (χ0) is 23.0. The van der Waals surface area contributed by atoms with Gasteiger partial charge in [-0.15, -0.1) is 10.2 Å². The Bertz CT molecular complexity index is 1060. The molecule has 3 N–H and O–H groups in total. The highest BCUT2D eigenvalue weighted by atomic mass is 32.2. The van der Waals surface area contributed by atoms with E-state index in [9.17, 15) is 9.32 Å². The van der Waals surface area contributed by atoms with Crippen LogP contribution in [0, 0.1) is 4.78 Å². The highest BCUT2D eigenvalue weighted by Gasteiger charge is 2.39.